The first kappa shape index (κ1) is 27.8. The lowest BCUT2D eigenvalue weighted by molar-refractivity contribution is 0.107. The highest BCUT2D eigenvalue weighted by molar-refractivity contribution is 6.34. The fourth-order valence-electron chi connectivity index (χ4n) is 8.80. The first-order valence-electron chi connectivity index (χ1n) is 15.9. The van der Waals surface area contributed by atoms with E-state index in [2.05, 4.69) is 27.0 Å². The van der Waals surface area contributed by atoms with Gasteiger partial charge in [-0.3, -0.25) is 4.90 Å². The molecule has 43 heavy (non-hydrogen) atoms. The van der Waals surface area contributed by atoms with E-state index >= 15 is 4.39 Å². The number of alkyl halides is 1. The maximum atomic E-state index is 16.9. The maximum Gasteiger partial charge on any atom is 0.319 e. The standard InChI is InChI=1S/C33H38ClF2N5O2/c1-2-18-4-5-19-10-23(42)11-24(27(18)19)28-26(34)12-25-30(29(28)36)38-32(39-31(25)40-15-21-6-7-22(16-40)37-21)43-17-33-8-3-9-41(33)14-20(35)13-33/h10-12,18,20-22,37,42H,2-9,13-17H2,1H3/t18?,20-,21-,22+,33+/m1/s1. The first-order chi connectivity index (χ1) is 20.8. The lowest BCUT2D eigenvalue weighted by Crippen LogP contribution is -2.51. The van der Waals surface area contributed by atoms with Gasteiger partial charge in [0.25, 0.3) is 0 Å². The Kier molecular flexibility index (Phi) is 6.73. The molecule has 5 atom stereocenters. The summed E-state index contributed by atoms with van der Waals surface area (Å²) >= 11 is 6.95. The Morgan fingerprint density at radius 3 is 2.74 bits per heavy atom. The fourth-order valence-corrected chi connectivity index (χ4v) is 9.10. The van der Waals surface area contributed by atoms with Gasteiger partial charge in [-0.2, -0.15) is 9.97 Å². The molecule has 0 amide bonds. The summed E-state index contributed by atoms with van der Waals surface area (Å²) in [7, 11) is 0. The third kappa shape index (κ3) is 4.56. The lowest BCUT2D eigenvalue weighted by Gasteiger charge is -2.34. The predicted molar refractivity (Wildman–Crippen MR) is 164 cm³/mol. The van der Waals surface area contributed by atoms with Crippen molar-refractivity contribution in [3.05, 3.63) is 40.2 Å². The molecule has 1 aromatic heterocycles. The maximum absolute atomic E-state index is 16.9. The lowest BCUT2D eigenvalue weighted by atomic mass is 9.89. The number of benzene rings is 2. The van der Waals surface area contributed by atoms with E-state index in [-0.39, 0.29) is 45.9 Å². The summed E-state index contributed by atoms with van der Waals surface area (Å²) in [6.45, 7) is 5.20. The van der Waals surface area contributed by atoms with E-state index in [9.17, 15) is 9.50 Å². The van der Waals surface area contributed by atoms with E-state index in [0.717, 1.165) is 75.7 Å². The van der Waals surface area contributed by atoms with Gasteiger partial charge in [0, 0.05) is 49.1 Å². The second kappa shape index (κ2) is 10.4. The Hall–Kier alpha value is -2.75. The second-order valence-corrected chi connectivity index (χ2v) is 13.8. The fraction of sp³-hybridized carbons (Fsp3) is 0.576. The van der Waals surface area contributed by atoms with Crippen molar-refractivity contribution >= 4 is 28.3 Å². The van der Waals surface area contributed by atoms with Crippen molar-refractivity contribution in [2.75, 3.05) is 37.7 Å². The summed E-state index contributed by atoms with van der Waals surface area (Å²) in [5, 5.41) is 15.1. The number of ether oxygens (including phenoxy) is 1. The Balaban J connectivity index is 1.26. The van der Waals surface area contributed by atoms with Crippen molar-refractivity contribution in [3.8, 4) is 22.9 Å². The zero-order valence-corrected chi connectivity index (χ0v) is 25.3. The van der Waals surface area contributed by atoms with Crippen LogP contribution >= 0.6 is 11.6 Å². The first-order valence-corrected chi connectivity index (χ1v) is 16.3. The number of piperazine rings is 1. The minimum absolute atomic E-state index is 0.105. The van der Waals surface area contributed by atoms with Crippen LogP contribution in [0.5, 0.6) is 11.8 Å². The highest BCUT2D eigenvalue weighted by atomic mass is 35.5. The minimum Gasteiger partial charge on any atom is -0.508 e. The van der Waals surface area contributed by atoms with Crippen molar-refractivity contribution in [1.82, 2.24) is 20.2 Å². The van der Waals surface area contributed by atoms with Gasteiger partial charge < -0.3 is 20.1 Å². The van der Waals surface area contributed by atoms with Crippen molar-refractivity contribution in [3.63, 3.8) is 0 Å². The molecule has 2 bridgehead atoms. The quantitative estimate of drug-likeness (QED) is 0.348. The molecule has 4 aliphatic heterocycles. The minimum atomic E-state index is -0.869. The van der Waals surface area contributed by atoms with Gasteiger partial charge >= 0.3 is 6.01 Å². The van der Waals surface area contributed by atoms with E-state index < -0.39 is 12.0 Å². The van der Waals surface area contributed by atoms with Crippen molar-refractivity contribution in [1.29, 1.82) is 0 Å². The van der Waals surface area contributed by atoms with Crippen LogP contribution in [0.25, 0.3) is 22.0 Å². The highest BCUT2D eigenvalue weighted by Crippen LogP contribution is 2.48. The number of phenols is 1. The van der Waals surface area contributed by atoms with Gasteiger partial charge in [-0.15, -0.1) is 0 Å². The van der Waals surface area contributed by atoms with E-state index in [1.807, 2.05) is 0 Å². The van der Waals surface area contributed by atoms with Crippen LogP contribution in [-0.4, -0.2) is 76.6 Å². The van der Waals surface area contributed by atoms with Gasteiger partial charge in [-0.1, -0.05) is 18.5 Å². The van der Waals surface area contributed by atoms with E-state index in [1.165, 1.54) is 0 Å². The molecular formula is C33H38ClF2N5O2. The van der Waals surface area contributed by atoms with Crippen molar-refractivity contribution < 1.29 is 18.6 Å². The molecule has 2 N–H and O–H groups in total. The number of nitrogens with one attached hydrogen (secondary N) is 1. The Bertz CT molecular complexity index is 1590. The number of rotatable bonds is 6. The number of hydrogen-bond donors (Lipinski definition) is 2. The van der Waals surface area contributed by atoms with Gasteiger partial charge in [0.15, 0.2) is 5.82 Å². The van der Waals surface area contributed by atoms with Crippen LogP contribution in [0, 0.1) is 5.82 Å². The summed E-state index contributed by atoms with van der Waals surface area (Å²) in [4.78, 5) is 14.0. The van der Waals surface area contributed by atoms with E-state index in [0.29, 0.717) is 41.8 Å². The average molecular weight is 610 g/mol. The topological polar surface area (TPSA) is 73.8 Å². The number of halogens is 3. The third-order valence-corrected chi connectivity index (χ3v) is 11.1. The van der Waals surface area contributed by atoms with Crippen LogP contribution in [0.1, 0.15) is 68.9 Å². The molecule has 7 nitrogen and oxygen atoms in total. The second-order valence-electron chi connectivity index (χ2n) is 13.4. The molecule has 2 aromatic carbocycles. The van der Waals surface area contributed by atoms with E-state index in [1.54, 1.807) is 18.2 Å². The summed E-state index contributed by atoms with van der Waals surface area (Å²) < 4.78 is 37.7. The van der Waals surface area contributed by atoms with Crippen molar-refractivity contribution in [2.45, 2.75) is 88.0 Å². The van der Waals surface area contributed by atoms with E-state index in [4.69, 9.17) is 21.3 Å². The number of anilines is 1. The number of nitrogens with zero attached hydrogens (tertiary/aromatic N) is 4. The third-order valence-electron chi connectivity index (χ3n) is 10.8. The number of aromatic nitrogens is 2. The molecule has 5 heterocycles. The largest absolute Gasteiger partial charge is 0.508 e. The molecule has 0 radical (unpaired) electrons. The zero-order valence-electron chi connectivity index (χ0n) is 24.5. The van der Waals surface area contributed by atoms with Gasteiger partial charge in [-0.05, 0) is 92.3 Å². The average Bonchev–Trinajstić information content (AvgIpc) is 3.73. The molecule has 1 aliphatic carbocycles. The molecule has 5 aliphatic rings. The molecule has 1 unspecified atom stereocenters. The zero-order chi connectivity index (χ0) is 29.5. The molecule has 4 fully saturated rings. The van der Waals surface area contributed by atoms with Crippen LogP contribution in [0.3, 0.4) is 0 Å². The van der Waals surface area contributed by atoms with Gasteiger partial charge in [-0.25, -0.2) is 8.78 Å². The summed E-state index contributed by atoms with van der Waals surface area (Å²) in [5.74, 6) is 0.461. The number of hydrogen-bond acceptors (Lipinski definition) is 7. The molecule has 10 heteroatoms. The SMILES string of the molecule is CCC1CCc2cc(O)cc(-c3c(Cl)cc4c(N5C[C@H]6CC[C@@H](C5)N6)nc(OC[C@@]56CCCN5C[C@H](F)C6)nc4c3F)c21. The molecule has 0 saturated carbocycles. The summed E-state index contributed by atoms with van der Waals surface area (Å²) in [6, 6.07) is 6.02. The number of fused-ring (bicyclic) bond motifs is 5. The van der Waals surface area contributed by atoms with Crippen LogP contribution in [0.15, 0.2) is 18.2 Å². The molecule has 4 saturated heterocycles. The predicted octanol–water partition coefficient (Wildman–Crippen LogP) is 6.13. The molecule has 228 valence electrons. The smallest absolute Gasteiger partial charge is 0.319 e. The summed E-state index contributed by atoms with van der Waals surface area (Å²) in [5.41, 5.74) is 2.79. The van der Waals surface area contributed by atoms with Crippen LogP contribution in [0.2, 0.25) is 5.02 Å². The Labute approximate surface area is 255 Å². The monoisotopic (exact) mass is 609 g/mol. The molecular weight excluding hydrogens is 572 g/mol. The Morgan fingerprint density at radius 2 is 1.95 bits per heavy atom. The van der Waals surface area contributed by atoms with Gasteiger partial charge in [0.2, 0.25) is 0 Å². The molecule has 0 spiro atoms. The van der Waals surface area contributed by atoms with Gasteiger partial charge in [0.1, 0.15) is 29.9 Å². The van der Waals surface area contributed by atoms with Crippen LogP contribution in [-0.2, 0) is 6.42 Å². The highest BCUT2D eigenvalue weighted by Gasteiger charge is 2.49. The summed E-state index contributed by atoms with van der Waals surface area (Å²) in [6.07, 6.45) is 6.35. The van der Waals surface area contributed by atoms with Gasteiger partial charge in [0.05, 0.1) is 10.6 Å². The number of phenolic OH excluding ortho intramolecular Hbond substituents is 1. The molecule has 8 rings (SSSR count). The number of aryl methyl sites for hydroxylation is 1. The van der Waals surface area contributed by atoms with Crippen LogP contribution < -0.4 is 15.0 Å². The van der Waals surface area contributed by atoms with Crippen LogP contribution in [0.4, 0.5) is 14.6 Å². The number of aromatic hydroxyl groups is 1. The van der Waals surface area contributed by atoms with Crippen molar-refractivity contribution in [2.24, 2.45) is 0 Å². The molecule has 3 aromatic rings. The normalized spacial score (nSPS) is 29.9. The Morgan fingerprint density at radius 1 is 1.14 bits per heavy atom.